The number of Topliss-reactive ketones (excluding diaryl/α,β-unsaturated/α-hetero) is 1. The van der Waals surface area contributed by atoms with Gasteiger partial charge in [0.25, 0.3) is 0 Å². The number of fused-ring (bicyclic) bond motifs is 5. The van der Waals surface area contributed by atoms with Crippen LogP contribution >= 0.6 is 0 Å². The maximum Gasteiger partial charge on any atom is 0.138 e. The number of hydrogen-bond donors (Lipinski definition) is 1. The average Bonchev–Trinajstić information content (AvgIpc) is 2.91. The van der Waals surface area contributed by atoms with E-state index in [2.05, 4.69) is 20.8 Å². The zero-order valence-electron chi connectivity index (χ0n) is 15.9. The molecule has 2 nitrogen and oxygen atoms in total. The van der Waals surface area contributed by atoms with Crippen molar-refractivity contribution in [2.24, 2.45) is 46.3 Å². The summed E-state index contributed by atoms with van der Waals surface area (Å²) in [7, 11) is 0. The molecular weight excluding hydrogens is 296 g/mol. The smallest absolute Gasteiger partial charge is 0.138 e. The summed E-state index contributed by atoms with van der Waals surface area (Å²) in [5, 5.41) is 9.70. The van der Waals surface area contributed by atoms with Gasteiger partial charge in [-0.1, -0.05) is 27.2 Å². The average molecular weight is 333 g/mol. The highest BCUT2D eigenvalue weighted by atomic mass is 16.3. The number of aliphatic hydroxyl groups excluding tert-OH is 1. The second-order valence-electron chi connectivity index (χ2n) is 10.1. The van der Waals surface area contributed by atoms with Crippen molar-refractivity contribution in [2.75, 3.05) is 6.61 Å². The summed E-state index contributed by atoms with van der Waals surface area (Å²) in [6.07, 6.45) is 11.3. The van der Waals surface area contributed by atoms with Gasteiger partial charge in [-0.15, -0.1) is 0 Å². The maximum absolute atomic E-state index is 12.3. The Bertz CT molecular complexity index is 514. The van der Waals surface area contributed by atoms with E-state index >= 15 is 0 Å². The number of rotatable bonds is 2. The molecule has 2 heteroatoms. The highest BCUT2D eigenvalue weighted by Crippen LogP contribution is 2.67. The molecule has 4 aliphatic carbocycles. The van der Waals surface area contributed by atoms with Gasteiger partial charge in [0.05, 0.1) is 6.61 Å². The van der Waals surface area contributed by atoms with E-state index in [1.165, 1.54) is 44.9 Å². The molecule has 4 rings (SSSR count). The van der Waals surface area contributed by atoms with Crippen LogP contribution in [-0.4, -0.2) is 17.5 Å². The molecule has 0 aromatic carbocycles. The second kappa shape index (κ2) is 5.83. The molecule has 0 spiro atoms. The van der Waals surface area contributed by atoms with Gasteiger partial charge in [-0.2, -0.15) is 0 Å². The molecule has 0 aromatic heterocycles. The van der Waals surface area contributed by atoms with Crippen molar-refractivity contribution in [2.45, 2.75) is 78.6 Å². The van der Waals surface area contributed by atoms with E-state index in [0.717, 1.165) is 36.5 Å². The van der Waals surface area contributed by atoms with Crippen LogP contribution in [0.4, 0.5) is 0 Å². The fourth-order valence-corrected chi connectivity index (χ4v) is 8.19. The van der Waals surface area contributed by atoms with Gasteiger partial charge in [0.1, 0.15) is 5.78 Å². The van der Waals surface area contributed by atoms with Crippen LogP contribution < -0.4 is 0 Å². The number of ketones is 1. The van der Waals surface area contributed by atoms with E-state index in [9.17, 15) is 9.90 Å². The summed E-state index contributed by atoms with van der Waals surface area (Å²) in [6, 6.07) is 0. The first-order chi connectivity index (χ1) is 11.4. The summed E-state index contributed by atoms with van der Waals surface area (Å²) in [5.74, 6) is 4.38. The molecule has 0 bridgehead atoms. The Balaban J connectivity index is 1.62. The number of aliphatic hydroxyl groups is 1. The fraction of sp³-hybridized carbons (Fsp3) is 0.955. The van der Waals surface area contributed by atoms with Crippen molar-refractivity contribution in [3.63, 3.8) is 0 Å². The Morgan fingerprint density at radius 3 is 2.50 bits per heavy atom. The first kappa shape index (κ1) is 17.1. The van der Waals surface area contributed by atoms with Crippen molar-refractivity contribution >= 4 is 5.78 Å². The van der Waals surface area contributed by atoms with Crippen LogP contribution in [0.15, 0.2) is 0 Å². The van der Waals surface area contributed by atoms with Gasteiger partial charge in [0.15, 0.2) is 0 Å². The quantitative estimate of drug-likeness (QED) is 0.785. The van der Waals surface area contributed by atoms with E-state index < -0.39 is 0 Å². The molecule has 0 saturated heterocycles. The lowest BCUT2D eigenvalue weighted by atomic mass is 9.44. The van der Waals surface area contributed by atoms with Crippen LogP contribution in [0.5, 0.6) is 0 Å². The van der Waals surface area contributed by atoms with E-state index in [1.54, 1.807) is 0 Å². The number of hydrogen-bond acceptors (Lipinski definition) is 2. The van der Waals surface area contributed by atoms with Crippen LogP contribution in [0.1, 0.15) is 78.6 Å². The van der Waals surface area contributed by atoms with E-state index in [-0.39, 0.29) is 12.5 Å². The Kier molecular flexibility index (Phi) is 4.14. The highest BCUT2D eigenvalue weighted by Gasteiger charge is 2.60. The minimum absolute atomic E-state index is 0.0670. The molecule has 136 valence electrons. The summed E-state index contributed by atoms with van der Waals surface area (Å²) < 4.78 is 0. The Labute approximate surface area is 147 Å². The van der Waals surface area contributed by atoms with Gasteiger partial charge in [-0.3, -0.25) is 4.79 Å². The van der Waals surface area contributed by atoms with Gasteiger partial charge in [0, 0.05) is 12.3 Å². The third-order valence-corrected chi connectivity index (χ3v) is 9.56. The van der Waals surface area contributed by atoms with Crippen LogP contribution in [0.2, 0.25) is 0 Å². The first-order valence-electron chi connectivity index (χ1n) is 10.6. The molecule has 0 aromatic rings. The SMILES string of the molecule is CC[C@H]1CC[C@H]2[C@@H]3CC[C@H]4CC(=O)C(CO)C[C@]4(C)[C@H]3CC[C@]12C. The third-order valence-electron chi connectivity index (χ3n) is 9.56. The van der Waals surface area contributed by atoms with Gasteiger partial charge < -0.3 is 5.11 Å². The minimum Gasteiger partial charge on any atom is -0.396 e. The van der Waals surface area contributed by atoms with Gasteiger partial charge >= 0.3 is 0 Å². The maximum atomic E-state index is 12.3. The molecule has 0 amide bonds. The predicted octanol–water partition coefficient (Wildman–Crippen LogP) is 4.84. The second-order valence-corrected chi connectivity index (χ2v) is 10.1. The summed E-state index contributed by atoms with van der Waals surface area (Å²) in [6.45, 7) is 7.54. The van der Waals surface area contributed by atoms with Crippen molar-refractivity contribution < 1.29 is 9.90 Å². The molecule has 4 saturated carbocycles. The molecule has 0 heterocycles. The number of carbonyl (C=O) groups is 1. The molecular formula is C22H36O2. The van der Waals surface area contributed by atoms with Crippen molar-refractivity contribution in [1.82, 2.24) is 0 Å². The zero-order chi connectivity index (χ0) is 17.1. The van der Waals surface area contributed by atoms with Crippen LogP contribution in [0.3, 0.4) is 0 Å². The fourth-order valence-electron chi connectivity index (χ4n) is 8.19. The monoisotopic (exact) mass is 332 g/mol. The molecule has 8 atom stereocenters. The predicted molar refractivity (Wildman–Crippen MR) is 96.5 cm³/mol. The van der Waals surface area contributed by atoms with Gasteiger partial charge in [-0.05, 0) is 85.4 Å². The van der Waals surface area contributed by atoms with Crippen LogP contribution in [-0.2, 0) is 4.79 Å². The van der Waals surface area contributed by atoms with E-state index in [0.29, 0.717) is 22.5 Å². The van der Waals surface area contributed by atoms with Crippen molar-refractivity contribution in [3.8, 4) is 0 Å². The Morgan fingerprint density at radius 2 is 1.79 bits per heavy atom. The molecule has 4 fully saturated rings. The van der Waals surface area contributed by atoms with Crippen LogP contribution in [0.25, 0.3) is 0 Å². The largest absolute Gasteiger partial charge is 0.396 e. The summed E-state index contributed by atoms with van der Waals surface area (Å²) in [5.41, 5.74) is 0.885. The summed E-state index contributed by atoms with van der Waals surface area (Å²) in [4.78, 5) is 12.3. The van der Waals surface area contributed by atoms with E-state index in [1.807, 2.05) is 0 Å². The van der Waals surface area contributed by atoms with E-state index in [4.69, 9.17) is 0 Å². The molecule has 4 aliphatic rings. The zero-order valence-corrected chi connectivity index (χ0v) is 15.9. The lowest BCUT2D eigenvalue weighted by molar-refractivity contribution is -0.149. The van der Waals surface area contributed by atoms with Crippen molar-refractivity contribution in [1.29, 1.82) is 0 Å². The Hall–Kier alpha value is -0.370. The standard InChI is InChI=1S/C22H36O2/c1-4-15-6-8-18-17-7-5-16-11-20(24)14(13-23)12-22(16,3)19(17)9-10-21(15,18)2/h14-19,23H,4-13H2,1-3H3/t14?,15-,16-,17-,18-,19-,21+,22-/m0/s1. The lowest BCUT2D eigenvalue weighted by Crippen LogP contribution is -2.55. The first-order valence-corrected chi connectivity index (χ1v) is 10.6. The molecule has 1 N–H and O–H groups in total. The minimum atomic E-state index is -0.0784. The topological polar surface area (TPSA) is 37.3 Å². The van der Waals surface area contributed by atoms with Crippen LogP contribution in [0, 0.1) is 46.3 Å². The molecule has 24 heavy (non-hydrogen) atoms. The van der Waals surface area contributed by atoms with Gasteiger partial charge in [0.2, 0.25) is 0 Å². The summed E-state index contributed by atoms with van der Waals surface area (Å²) >= 11 is 0. The normalized spacial score (nSPS) is 54.1. The van der Waals surface area contributed by atoms with Gasteiger partial charge in [-0.25, -0.2) is 0 Å². The highest BCUT2D eigenvalue weighted by molar-refractivity contribution is 5.82. The van der Waals surface area contributed by atoms with Crippen molar-refractivity contribution in [3.05, 3.63) is 0 Å². The molecule has 0 aliphatic heterocycles. The Morgan fingerprint density at radius 1 is 1.04 bits per heavy atom. The number of carbonyl (C=O) groups excluding carboxylic acids is 1. The lowest BCUT2D eigenvalue weighted by Gasteiger charge is -2.61. The molecule has 1 unspecified atom stereocenters. The molecule has 0 radical (unpaired) electrons. The third kappa shape index (κ3) is 2.20.